The lowest BCUT2D eigenvalue weighted by Crippen LogP contribution is -2.41. The molecule has 0 amide bonds. The van der Waals surface area contributed by atoms with Crippen molar-refractivity contribution in [2.24, 2.45) is 0 Å². The van der Waals surface area contributed by atoms with Gasteiger partial charge in [-0.3, -0.25) is 4.79 Å². The molecule has 1 aromatic carbocycles. The minimum Gasteiger partial charge on any atom is -0.465 e. The number of benzene rings is 1. The fourth-order valence-corrected chi connectivity index (χ4v) is 3.94. The lowest BCUT2D eigenvalue weighted by molar-refractivity contribution is -0.146. The van der Waals surface area contributed by atoms with Crippen molar-refractivity contribution in [1.29, 1.82) is 0 Å². The maximum Gasteiger partial charge on any atom is 0.324 e. The van der Waals surface area contributed by atoms with Crippen LogP contribution < -0.4 is 0 Å². The van der Waals surface area contributed by atoms with Gasteiger partial charge in [-0.2, -0.15) is 4.31 Å². The van der Waals surface area contributed by atoms with Crippen LogP contribution in [-0.2, 0) is 19.6 Å². The number of aryl methyl sites for hydroxylation is 1. The number of carbonyl (C=O) groups excluding carboxylic acids is 1. The third kappa shape index (κ3) is 3.24. The highest BCUT2D eigenvalue weighted by molar-refractivity contribution is 7.89. The third-order valence-electron chi connectivity index (χ3n) is 3.39. The number of halogens is 1. The van der Waals surface area contributed by atoms with Gasteiger partial charge in [0.15, 0.2) is 0 Å². The normalized spacial score (nSPS) is 23.2. The second kappa shape index (κ2) is 6.11. The van der Waals surface area contributed by atoms with Crippen LogP contribution in [0.4, 0.5) is 4.39 Å². The zero-order valence-corrected chi connectivity index (χ0v) is 12.8. The van der Waals surface area contributed by atoms with Crippen molar-refractivity contribution in [3.63, 3.8) is 0 Å². The van der Waals surface area contributed by atoms with E-state index in [9.17, 15) is 17.6 Å². The van der Waals surface area contributed by atoms with Gasteiger partial charge in [-0.15, -0.1) is 0 Å². The Balaban J connectivity index is 2.33. The van der Waals surface area contributed by atoms with E-state index in [1.54, 1.807) is 19.1 Å². The lowest BCUT2D eigenvalue weighted by atomic mass is 10.2. The Labute approximate surface area is 123 Å². The minimum atomic E-state index is -3.91. The molecule has 21 heavy (non-hydrogen) atoms. The summed E-state index contributed by atoms with van der Waals surface area (Å²) in [7, 11) is -3.91. The van der Waals surface area contributed by atoms with E-state index in [0.29, 0.717) is 0 Å². The van der Waals surface area contributed by atoms with Crippen LogP contribution in [0, 0.1) is 6.92 Å². The molecule has 2 atom stereocenters. The van der Waals surface area contributed by atoms with E-state index >= 15 is 0 Å². The highest BCUT2D eigenvalue weighted by Crippen LogP contribution is 2.28. The summed E-state index contributed by atoms with van der Waals surface area (Å²) in [5.41, 5.74) is 0.917. The largest absolute Gasteiger partial charge is 0.465 e. The average Bonchev–Trinajstić information content (AvgIpc) is 2.82. The van der Waals surface area contributed by atoms with Crippen LogP contribution in [-0.4, -0.2) is 44.1 Å². The summed E-state index contributed by atoms with van der Waals surface area (Å²) < 4.78 is 44.5. The molecule has 1 aromatic rings. The second-order valence-corrected chi connectivity index (χ2v) is 6.88. The summed E-state index contributed by atoms with van der Waals surface area (Å²) in [4.78, 5) is 11.9. The van der Waals surface area contributed by atoms with Crippen LogP contribution in [0.1, 0.15) is 18.9 Å². The van der Waals surface area contributed by atoms with Crippen molar-refractivity contribution in [1.82, 2.24) is 4.31 Å². The first-order valence-electron chi connectivity index (χ1n) is 6.75. The van der Waals surface area contributed by atoms with Gasteiger partial charge < -0.3 is 4.74 Å². The number of rotatable bonds is 4. The third-order valence-corrected chi connectivity index (χ3v) is 5.28. The van der Waals surface area contributed by atoms with Gasteiger partial charge in [-0.25, -0.2) is 12.8 Å². The molecular weight excluding hydrogens is 297 g/mol. The maximum atomic E-state index is 13.6. The molecule has 1 aliphatic heterocycles. The molecule has 1 saturated heterocycles. The van der Waals surface area contributed by atoms with Crippen LogP contribution in [0.2, 0.25) is 0 Å². The van der Waals surface area contributed by atoms with Crippen LogP contribution >= 0.6 is 0 Å². The number of esters is 1. The van der Waals surface area contributed by atoms with E-state index in [1.165, 1.54) is 12.1 Å². The first kappa shape index (κ1) is 15.9. The van der Waals surface area contributed by atoms with Gasteiger partial charge in [0.2, 0.25) is 10.0 Å². The Hall–Kier alpha value is -1.47. The zero-order chi connectivity index (χ0) is 15.6. The molecule has 116 valence electrons. The van der Waals surface area contributed by atoms with E-state index in [1.807, 2.05) is 6.92 Å². The van der Waals surface area contributed by atoms with Gasteiger partial charge in [-0.1, -0.05) is 17.7 Å². The predicted octanol–water partition coefficient (Wildman–Crippen LogP) is 1.66. The molecule has 0 aromatic heterocycles. The molecular formula is C14H18FNO4S. The van der Waals surface area contributed by atoms with Crippen molar-refractivity contribution < 1.29 is 22.3 Å². The number of sulfonamides is 1. The average molecular weight is 315 g/mol. The summed E-state index contributed by atoms with van der Waals surface area (Å²) in [5.74, 6) is -0.701. The van der Waals surface area contributed by atoms with E-state index in [4.69, 9.17) is 4.74 Å². The lowest BCUT2D eigenvalue weighted by Gasteiger charge is -2.22. The molecule has 1 aliphatic rings. The standard InChI is InChI=1S/C14H18FNO4S/c1-3-20-14(17)13-8-11(15)9-16(13)21(18,19)12-6-4-10(2)5-7-12/h4-7,11,13H,3,8-9H2,1-2H3/t11?,13-/m0/s1. The van der Waals surface area contributed by atoms with E-state index in [2.05, 4.69) is 0 Å². The maximum absolute atomic E-state index is 13.6. The summed E-state index contributed by atoms with van der Waals surface area (Å²) in [6.07, 6.45) is -1.52. The fourth-order valence-electron chi connectivity index (χ4n) is 2.32. The van der Waals surface area contributed by atoms with E-state index < -0.39 is 28.2 Å². The Morgan fingerprint density at radius 2 is 2.00 bits per heavy atom. The van der Waals surface area contributed by atoms with Crippen LogP contribution in [0.25, 0.3) is 0 Å². The monoisotopic (exact) mass is 315 g/mol. The number of ether oxygens (including phenoxy) is 1. The molecule has 0 N–H and O–H groups in total. The van der Waals surface area contributed by atoms with Crippen molar-refractivity contribution in [3.05, 3.63) is 29.8 Å². The van der Waals surface area contributed by atoms with Crippen LogP contribution in [0.3, 0.4) is 0 Å². The summed E-state index contributed by atoms with van der Waals surface area (Å²) >= 11 is 0. The summed E-state index contributed by atoms with van der Waals surface area (Å²) in [6, 6.07) is 5.15. The number of alkyl halides is 1. The molecule has 0 aliphatic carbocycles. The predicted molar refractivity (Wildman–Crippen MR) is 75.0 cm³/mol. The van der Waals surface area contributed by atoms with Crippen LogP contribution in [0.5, 0.6) is 0 Å². The molecule has 0 bridgehead atoms. The Morgan fingerprint density at radius 3 is 2.57 bits per heavy atom. The summed E-state index contributed by atoms with van der Waals surface area (Å²) in [5, 5.41) is 0. The molecule has 7 heteroatoms. The van der Waals surface area contributed by atoms with Crippen molar-refractivity contribution in [2.45, 2.75) is 37.4 Å². The topological polar surface area (TPSA) is 63.7 Å². The highest BCUT2D eigenvalue weighted by Gasteiger charge is 2.44. The number of hydrogen-bond acceptors (Lipinski definition) is 4. The van der Waals surface area contributed by atoms with Crippen molar-refractivity contribution in [2.75, 3.05) is 13.2 Å². The molecule has 0 saturated carbocycles. The SMILES string of the molecule is CCOC(=O)[C@@H]1CC(F)CN1S(=O)(=O)c1ccc(C)cc1. The molecule has 1 unspecified atom stereocenters. The highest BCUT2D eigenvalue weighted by atomic mass is 32.2. The first-order valence-corrected chi connectivity index (χ1v) is 8.19. The van der Waals surface area contributed by atoms with Gasteiger partial charge in [0.05, 0.1) is 11.5 Å². The molecule has 0 spiro atoms. The zero-order valence-electron chi connectivity index (χ0n) is 12.0. The smallest absolute Gasteiger partial charge is 0.324 e. The quantitative estimate of drug-likeness (QED) is 0.793. The number of carbonyl (C=O) groups is 1. The fraction of sp³-hybridized carbons (Fsp3) is 0.500. The van der Waals surface area contributed by atoms with E-state index in [0.717, 1.165) is 9.87 Å². The molecule has 1 heterocycles. The first-order chi connectivity index (χ1) is 9.86. The molecule has 0 radical (unpaired) electrons. The molecule has 2 rings (SSSR count). The second-order valence-electron chi connectivity index (χ2n) is 4.99. The van der Waals surface area contributed by atoms with Gasteiger partial charge in [0.1, 0.15) is 12.2 Å². The van der Waals surface area contributed by atoms with Gasteiger partial charge in [0.25, 0.3) is 0 Å². The van der Waals surface area contributed by atoms with Gasteiger partial charge in [-0.05, 0) is 26.0 Å². The molecule has 1 fully saturated rings. The van der Waals surface area contributed by atoms with Crippen molar-refractivity contribution >= 4 is 16.0 Å². The van der Waals surface area contributed by atoms with Crippen LogP contribution in [0.15, 0.2) is 29.2 Å². The Morgan fingerprint density at radius 1 is 1.38 bits per heavy atom. The minimum absolute atomic E-state index is 0.0523. The van der Waals surface area contributed by atoms with Crippen molar-refractivity contribution in [3.8, 4) is 0 Å². The summed E-state index contributed by atoms with van der Waals surface area (Å²) in [6.45, 7) is 3.27. The molecule has 5 nitrogen and oxygen atoms in total. The Kier molecular flexibility index (Phi) is 4.63. The van der Waals surface area contributed by atoms with E-state index in [-0.39, 0.29) is 24.5 Å². The Bertz CT molecular complexity index is 614. The number of hydrogen-bond donors (Lipinski definition) is 0. The van der Waals surface area contributed by atoms with Gasteiger partial charge in [0, 0.05) is 13.0 Å². The van der Waals surface area contributed by atoms with Gasteiger partial charge >= 0.3 is 5.97 Å². The number of nitrogens with zero attached hydrogens (tertiary/aromatic N) is 1.